The zero-order valence-electron chi connectivity index (χ0n) is 9.13. The molecule has 1 heterocycles. The average molecular weight is 213 g/mol. The zero-order valence-corrected chi connectivity index (χ0v) is 9.95. The number of rotatable bonds is 2. The van der Waals surface area contributed by atoms with Crippen molar-refractivity contribution in [2.45, 2.75) is 56.1 Å². The Morgan fingerprint density at radius 2 is 1.86 bits per heavy atom. The van der Waals surface area contributed by atoms with Crippen LogP contribution in [0.5, 0.6) is 0 Å². The van der Waals surface area contributed by atoms with E-state index in [0.29, 0.717) is 4.75 Å². The molecule has 0 radical (unpaired) electrons. The first-order valence-corrected chi connectivity index (χ1v) is 7.17. The second kappa shape index (κ2) is 4.89. The van der Waals surface area contributed by atoms with E-state index < -0.39 is 0 Å². The molecule has 0 aromatic carbocycles. The van der Waals surface area contributed by atoms with E-state index in [0.717, 1.165) is 12.5 Å². The minimum Gasteiger partial charge on any atom is -0.330 e. The monoisotopic (exact) mass is 213 g/mol. The van der Waals surface area contributed by atoms with Gasteiger partial charge >= 0.3 is 0 Å². The minimum absolute atomic E-state index is 0.691. The molecule has 0 amide bonds. The fraction of sp³-hybridized carbons (Fsp3) is 1.00. The van der Waals surface area contributed by atoms with Gasteiger partial charge in [-0.1, -0.05) is 25.7 Å². The number of hydrogen-bond acceptors (Lipinski definition) is 2. The predicted molar refractivity (Wildman–Crippen MR) is 64.7 cm³/mol. The van der Waals surface area contributed by atoms with Crippen LogP contribution < -0.4 is 5.73 Å². The summed E-state index contributed by atoms with van der Waals surface area (Å²) in [4.78, 5) is 0. The molecular weight excluding hydrogens is 190 g/mol. The topological polar surface area (TPSA) is 26.0 Å². The lowest BCUT2D eigenvalue weighted by Crippen LogP contribution is -2.21. The van der Waals surface area contributed by atoms with Gasteiger partial charge in [0.15, 0.2) is 0 Å². The second-order valence-electron chi connectivity index (χ2n) is 5.06. The van der Waals surface area contributed by atoms with Gasteiger partial charge in [-0.15, -0.1) is 0 Å². The Kier molecular flexibility index (Phi) is 3.78. The number of nitrogens with two attached hydrogens (primary N) is 1. The Bertz CT molecular complexity index is 173. The van der Waals surface area contributed by atoms with Crippen molar-refractivity contribution < 1.29 is 0 Å². The number of hydrogen-bond donors (Lipinski definition) is 1. The highest BCUT2D eigenvalue weighted by Gasteiger charge is 2.39. The predicted octanol–water partition coefficient (Wildman–Crippen LogP) is 3.18. The van der Waals surface area contributed by atoms with Gasteiger partial charge in [-0.2, -0.15) is 11.8 Å². The molecule has 2 N–H and O–H groups in total. The van der Waals surface area contributed by atoms with Gasteiger partial charge in [-0.3, -0.25) is 0 Å². The maximum absolute atomic E-state index is 5.65. The van der Waals surface area contributed by atoms with Gasteiger partial charge in [-0.05, 0) is 43.9 Å². The van der Waals surface area contributed by atoms with Crippen LogP contribution >= 0.6 is 11.8 Å². The van der Waals surface area contributed by atoms with Crippen LogP contribution in [0.2, 0.25) is 0 Å². The summed E-state index contributed by atoms with van der Waals surface area (Å²) in [5, 5.41) is 0. The summed E-state index contributed by atoms with van der Waals surface area (Å²) in [6, 6.07) is 0. The zero-order chi connectivity index (χ0) is 9.86. The Balaban J connectivity index is 1.89. The van der Waals surface area contributed by atoms with E-state index in [1.807, 2.05) is 0 Å². The summed E-state index contributed by atoms with van der Waals surface area (Å²) in [5.41, 5.74) is 5.65. The highest BCUT2D eigenvalue weighted by molar-refractivity contribution is 8.00. The highest BCUT2D eigenvalue weighted by atomic mass is 32.2. The standard InChI is InChI=1S/C12H23NS/c13-8-5-11-9-12(14-10-11)6-3-1-2-4-7-12/h11H,1-10,13H2. The van der Waals surface area contributed by atoms with Crippen molar-refractivity contribution in [3.05, 3.63) is 0 Å². The fourth-order valence-electron chi connectivity index (χ4n) is 3.08. The van der Waals surface area contributed by atoms with Crippen LogP contribution in [0.25, 0.3) is 0 Å². The molecule has 1 atom stereocenters. The molecule has 2 fully saturated rings. The molecule has 1 saturated carbocycles. The summed E-state index contributed by atoms with van der Waals surface area (Å²) in [6.45, 7) is 0.890. The van der Waals surface area contributed by atoms with Crippen LogP contribution in [0.1, 0.15) is 51.4 Å². The van der Waals surface area contributed by atoms with E-state index in [1.165, 1.54) is 57.1 Å². The molecule has 2 aliphatic rings. The maximum atomic E-state index is 5.65. The van der Waals surface area contributed by atoms with Crippen molar-refractivity contribution in [3.8, 4) is 0 Å². The quantitative estimate of drug-likeness (QED) is 0.762. The summed E-state index contributed by atoms with van der Waals surface area (Å²) < 4.78 is 0.691. The molecule has 2 rings (SSSR count). The third kappa shape index (κ3) is 2.46. The normalized spacial score (nSPS) is 31.9. The first-order chi connectivity index (χ1) is 6.85. The van der Waals surface area contributed by atoms with Crippen molar-refractivity contribution in [2.24, 2.45) is 11.7 Å². The van der Waals surface area contributed by atoms with Gasteiger partial charge in [0.25, 0.3) is 0 Å². The van der Waals surface area contributed by atoms with Crippen molar-refractivity contribution >= 4 is 11.8 Å². The van der Waals surface area contributed by atoms with Crippen molar-refractivity contribution in [1.29, 1.82) is 0 Å². The highest BCUT2D eigenvalue weighted by Crippen LogP contribution is 2.50. The molecule has 82 valence electrons. The molecule has 2 heteroatoms. The Hall–Kier alpha value is 0.310. The molecule has 1 spiro atoms. The van der Waals surface area contributed by atoms with Gasteiger partial charge < -0.3 is 5.73 Å². The smallest absolute Gasteiger partial charge is 0.0163 e. The van der Waals surface area contributed by atoms with Gasteiger partial charge in [0.2, 0.25) is 0 Å². The first kappa shape index (κ1) is 10.8. The lowest BCUT2D eigenvalue weighted by molar-refractivity contribution is 0.411. The van der Waals surface area contributed by atoms with E-state index in [4.69, 9.17) is 5.73 Å². The Morgan fingerprint density at radius 3 is 2.50 bits per heavy atom. The lowest BCUT2D eigenvalue weighted by Gasteiger charge is -2.26. The molecule has 14 heavy (non-hydrogen) atoms. The molecular formula is C12H23NS. The third-order valence-corrected chi connectivity index (χ3v) is 5.70. The fourth-order valence-corrected chi connectivity index (χ4v) is 4.89. The second-order valence-corrected chi connectivity index (χ2v) is 6.54. The van der Waals surface area contributed by atoms with Crippen LogP contribution in [-0.2, 0) is 0 Å². The van der Waals surface area contributed by atoms with Crippen molar-refractivity contribution in [3.63, 3.8) is 0 Å². The molecule has 0 aromatic rings. The van der Waals surface area contributed by atoms with Crippen LogP contribution in [0, 0.1) is 5.92 Å². The summed E-state index contributed by atoms with van der Waals surface area (Å²) in [5.74, 6) is 2.32. The molecule has 0 bridgehead atoms. The van der Waals surface area contributed by atoms with Gasteiger partial charge in [0, 0.05) is 4.75 Å². The van der Waals surface area contributed by atoms with Crippen molar-refractivity contribution in [2.75, 3.05) is 12.3 Å². The van der Waals surface area contributed by atoms with E-state index in [9.17, 15) is 0 Å². The van der Waals surface area contributed by atoms with Gasteiger partial charge in [-0.25, -0.2) is 0 Å². The summed E-state index contributed by atoms with van der Waals surface area (Å²) in [6.07, 6.45) is 11.6. The maximum Gasteiger partial charge on any atom is 0.0163 e. The lowest BCUT2D eigenvalue weighted by atomic mass is 9.88. The third-order valence-electron chi connectivity index (χ3n) is 3.88. The van der Waals surface area contributed by atoms with E-state index in [-0.39, 0.29) is 0 Å². The minimum atomic E-state index is 0.691. The van der Waals surface area contributed by atoms with Gasteiger partial charge in [0.1, 0.15) is 0 Å². The molecule has 1 unspecified atom stereocenters. The van der Waals surface area contributed by atoms with E-state index >= 15 is 0 Å². The molecule has 0 aromatic heterocycles. The van der Waals surface area contributed by atoms with Crippen LogP contribution in [-0.4, -0.2) is 17.0 Å². The first-order valence-electron chi connectivity index (χ1n) is 6.19. The summed E-state index contributed by atoms with van der Waals surface area (Å²) in [7, 11) is 0. The molecule has 1 aliphatic heterocycles. The average Bonchev–Trinajstić information content (AvgIpc) is 2.43. The molecule has 1 aliphatic carbocycles. The van der Waals surface area contributed by atoms with Crippen molar-refractivity contribution in [1.82, 2.24) is 0 Å². The summed E-state index contributed by atoms with van der Waals surface area (Å²) >= 11 is 2.27. The van der Waals surface area contributed by atoms with E-state index in [1.54, 1.807) is 0 Å². The van der Waals surface area contributed by atoms with Gasteiger partial charge in [0.05, 0.1) is 0 Å². The Labute approximate surface area is 92.2 Å². The van der Waals surface area contributed by atoms with Crippen LogP contribution in [0.3, 0.4) is 0 Å². The van der Waals surface area contributed by atoms with Crippen LogP contribution in [0.4, 0.5) is 0 Å². The molecule has 1 saturated heterocycles. The number of thioether (sulfide) groups is 1. The SMILES string of the molecule is NCCC1CSC2(CCCCCC2)C1. The Morgan fingerprint density at radius 1 is 1.14 bits per heavy atom. The largest absolute Gasteiger partial charge is 0.330 e. The van der Waals surface area contributed by atoms with Crippen LogP contribution in [0.15, 0.2) is 0 Å². The van der Waals surface area contributed by atoms with E-state index in [2.05, 4.69) is 11.8 Å². The molecule has 1 nitrogen and oxygen atoms in total.